The van der Waals surface area contributed by atoms with Gasteiger partial charge < -0.3 is 0 Å². The molecule has 2 heteroatoms. The molecule has 1 aromatic rings. The summed E-state index contributed by atoms with van der Waals surface area (Å²) in [6.07, 6.45) is 1.14. The van der Waals surface area contributed by atoms with Gasteiger partial charge in [0.05, 0.1) is 0 Å². The van der Waals surface area contributed by atoms with Gasteiger partial charge in [0, 0.05) is 0 Å². The van der Waals surface area contributed by atoms with Crippen molar-refractivity contribution in [2.45, 2.75) is 6.42 Å². The van der Waals surface area contributed by atoms with Gasteiger partial charge >= 0.3 is 65.1 Å². The number of ether oxygens (including phenoxy) is 1. The van der Waals surface area contributed by atoms with E-state index >= 15 is 0 Å². The van der Waals surface area contributed by atoms with Crippen molar-refractivity contribution in [1.29, 1.82) is 0 Å². The molecule has 0 saturated heterocycles. The monoisotopic (exact) mass is 240 g/mol. The molecular weight excluding hydrogens is 228 g/mol. The molecule has 0 atom stereocenters. The normalized spacial score (nSPS) is 9.89. The molecule has 9 heavy (non-hydrogen) atoms. The maximum atomic E-state index is 4.96. The van der Waals surface area contributed by atoms with Crippen molar-refractivity contribution in [3.05, 3.63) is 19.8 Å². The summed E-state index contributed by atoms with van der Waals surface area (Å²) >= 11 is 0.107. The Labute approximate surface area is 65.3 Å². The van der Waals surface area contributed by atoms with Crippen molar-refractivity contribution in [2.24, 2.45) is 0 Å². The zero-order valence-corrected chi connectivity index (χ0v) is 7.79. The minimum atomic E-state index is 0.107. The Bertz CT molecular complexity index is 146. The molecular formula is C7H10OTe. The molecule has 0 spiro atoms. The first-order valence-corrected chi connectivity index (χ1v) is 5.46. The Hall–Kier alpha value is 0.230. The topological polar surface area (TPSA) is 9.23 Å². The van der Waals surface area contributed by atoms with Crippen LogP contribution in [0.25, 0.3) is 0 Å². The fourth-order valence-electron chi connectivity index (χ4n) is 0.657. The Kier molecular flexibility index (Phi) is 3.35. The summed E-state index contributed by atoms with van der Waals surface area (Å²) in [5, 5.41) is 0. The molecule has 1 nitrogen and oxygen atoms in total. The molecule has 0 fully saturated rings. The molecule has 0 radical (unpaired) electrons. The van der Waals surface area contributed by atoms with Gasteiger partial charge in [-0.15, -0.1) is 0 Å². The standard InChI is InChI=1S/C7H10OTe/c1-8-5-4-7-3-2-6-9-7/h2-3,6H,4-5H2,1H3. The van der Waals surface area contributed by atoms with E-state index in [1.54, 1.807) is 10.7 Å². The second-order valence-electron chi connectivity index (χ2n) is 1.82. The molecule has 0 saturated carbocycles. The molecule has 0 aliphatic heterocycles. The molecule has 0 bridgehead atoms. The number of hydrogen-bond acceptors (Lipinski definition) is 1. The van der Waals surface area contributed by atoms with E-state index in [2.05, 4.69) is 16.2 Å². The second-order valence-corrected chi connectivity index (χ2v) is 4.77. The summed E-state index contributed by atoms with van der Waals surface area (Å²) in [5.74, 6) is 0. The van der Waals surface area contributed by atoms with Crippen molar-refractivity contribution < 1.29 is 4.74 Å². The minimum absolute atomic E-state index is 0.107. The van der Waals surface area contributed by atoms with Gasteiger partial charge in [-0.1, -0.05) is 0 Å². The van der Waals surface area contributed by atoms with E-state index in [1.165, 1.54) is 0 Å². The zero-order valence-electron chi connectivity index (χ0n) is 5.46. The summed E-state index contributed by atoms with van der Waals surface area (Å²) in [6.45, 7) is 0.887. The van der Waals surface area contributed by atoms with Gasteiger partial charge in [0.2, 0.25) is 0 Å². The van der Waals surface area contributed by atoms with Crippen LogP contribution in [0.3, 0.4) is 0 Å². The van der Waals surface area contributed by atoms with E-state index in [0.717, 1.165) is 13.0 Å². The van der Waals surface area contributed by atoms with Gasteiger partial charge in [0.15, 0.2) is 0 Å². The van der Waals surface area contributed by atoms with Crippen LogP contribution in [0.4, 0.5) is 0 Å². The Balaban J connectivity index is 2.30. The van der Waals surface area contributed by atoms with E-state index in [4.69, 9.17) is 4.74 Å². The van der Waals surface area contributed by atoms with Crippen molar-refractivity contribution in [2.75, 3.05) is 13.7 Å². The van der Waals surface area contributed by atoms with Crippen molar-refractivity contribution in [1.82, 2.24) is 0 Å². The van der Waals surface area contributed by atoms with Crippen LogP contribution in [-0.2, 0) is 11.2 Å². The molecule has 0 amide bonds. The van der Waals surface area contributed by atoms with E-state index in [0.29, 0.717) is 0 Å². The SMILES string of the molecule is COCCc1ccc[te]1. The molecule has 0 unspecified atom stereocenters. The van der Waals surface area contributed by atoms with Crippen molar-refractivity contribution in [3.63, 3.8) is 0 Å². The Morgan fingerprint density at radius 2 is 2.56 bits per heavy atom. The van der Waals surface area contributed by atoms with Crippen LogP contribution in [0.5, 0.6) is 0 Å². The Morgan fingerprint density at radius 1 is 1.67 bits per heavy atom. The van der Waals surface area contributed by atoms with Crippen LogP contribution in [0.2, 0.25) is 0 Å². The summed E-state index contributed by atoms with van der Waals surface area (Å²) < 4.78 is 8.87. The quantitative estimate of drug-likeness (QED) is 0.711. The number of methoxy groups -OCH3 is 1. The third-order valence-electron chi connectivity index (χ3n) is 1.13. The second kappa shape index (κ2) is 4.11. The van der Waals surface area contributed by atoms with E-state index in [1.807, 2.05) is 0 Å². The number of hydrogen-bond donors (Lipinski definition) is 0. The zero-order chi connectivity index (χ0) is 6.53. The van der Waals surface area contributed by atoms with Gasteiger partial charge in [0.25, 0.3) is 0 Å². The van der Waals surface area contributed by atoms with Crippen LogP contribution in [0.15, 0.2) is 16.2 Å². The van der Waals surface area contributed by atoms with Crippen LogP contribution in [0, 0.1) is 0 Å². The molecule has 0 aliphatic carbocycles. The molecule has 50 valence electrons. The first-order valence-electron chi connectivity index (χ1n) is 2.95. The average Bonchev–Trinajstić information content (AvgIpc) is 2.34. The van der Waals surface area contributed by atoms with Crippen LogP contribution in [-0.4, -0.2) is 34.1 Å². The summed E-state index contributed by atoms with van der Waals surface area (Å²) in [6, 6.07) is 4.38. The van der Waals surface area contributed by atoms with Crippen LogP contribution >= 0.6 is 0 Å². The first-order chi connectivity index (χ1) is 4.43. The first kappa shape index (κ1) is 7.34. The molecule has 1 aromatic heterocycles. The van der Waals surface area contributed by atoms with E-state index in [-0.39, 0.29) is 20.4 Å². The maximum absolute atomic E-state index is 4.96. The van der Waals surface area contributed by atoms with Gasteiger partial charge in [-0.05, 0) is 0 Å². The third-order valence-corrected chi connectivity index (χ3v) is 3.80. The fraction of sp³-hybridized carbons (Fsp3) is 0.429. The predicted octanol–water partition coefficient (Wildman–Crippen LogP) is 0.932. The van der Waals surface area contributed by atoms with E-state index in [9.17, 15) is 0 Å². The van der Waals surface area contributed by atoms with Gasteiger partial charge in [-0.25, -0.2) is 0 Å². The molecule has 0 aliphatic rings. The van der Waals surface area contributed by atoms with E-state index < -0.39 is 0 Å². The van der Waals surface area contributed by atoms with Crippen molar-refractivity contribution >= 4 is 20.4 Å². The Morgan fingerprint density at radius 3 is 3.11 bits per heavy atom. The molecule has 1 heterocycles. The van der Waals surface area contributed by atoms with Crippen LogP contribution in [0.1, 0.15) is 3.58 Å². The number of rotatable bonds is 3. The third kappa shape index (κ3) is 2.53. The molecule has 0 N–H and O–H groups in total. The van der Waals surface area contributed by atoms with Gasteiger partial charge in [0.1, 0.15) is 0 Å². The van der Waals surface area contributed by atoms with Crippen molar-refractivity contribution in [3.8, 4) is 0 Å². The van der Waals surface area contributed by atoms with Crippen LogP contribution < -0.4 is 0 Å². The predicted molar refractivity (Wildman–Crippen MR) is 39.0 cm³/mol. The summed E-state index contributed by atoms with van der Waals surface area (Å²) in [7, 11) is 1.75. The van der Waals surface area contributed by atoms with Gasteiger partial charge in [-0.2, -0.15) is 0 Å². The summed E-state index contributed by atoms with van der Waals surface area (Å²) in [5.41, 5.74) is 0. The average molecular weight is 238 g/mol. The molecule has 0 aromatic carbocycles. The van der Waals surface area contributed by atoms with Gasteiger partial charge in [-0.3, -0.25) is 0 Å². The summed E-state index contributed by atoms with van der Waals surface area (Å²) in [4.78, 5) is 0. The fourth-order valence-corrected chi connectivity index (χ4v) is 2.63. The molecule has 1 rings (SSSR count).